The molecule has 0 spiro atoms. The van der Waals surface area contributed by atoms with Crippen LogP contribution in [0.4, 0.5) is 0 Å². The van der Waals surface area contributed by atoms with E-state index in [0.717, 1.165) is 0 Å². The number of benzene rings is 2. The summed E-state index contributed by atoms with van der Waals surface area (Å²) in [5.74, 6) is -0.150. The molecule has 132 valence electrons. The molecule has 0 unspecified atom stereocenters. The number of hydrogen-bond acceptors (Lipinski definition) is 4. The SMILES string of the molecule is O=C(CC1=NCCN=C1CC(=O)c1ccc(Cl)cc1)c1ccc(Cl)cc1. The molecule has 0 N–H and O–H groups in total. The van der Waals surface area contributed by atoms with Crippen LogP contribution in [0.1, 0.15) is 33.6 Å². The summed E-state index contributed by atoms with van der Waals surface area (Å²) in [7, 11) is 0. The zero-order valence-corrected chi connectivity index (χ0v) is 15.4. The van der Waals surface area contributed by atoms with Crippen molar-refractivity contribution in [2.45, 2.75) is 12.8 Å². The molecular weight excluding hydrogens is 371 g/mol. The molecule has 6 heteroatoms. The van der Waals surface area contributed by atoms with Gasteiger partial charge in [-0.05, 0) is 48.5 Å². The first-order valence-corrected chi connectivity index (χ1v) is 8.93. The maximum Gasteiger partial charge on any atom is 0.168 e. The van der Waals surface area contributed by atoms with Gasteiger partial charge >= 0.3 is 0 Å². The highest BCUT2D eigenvalue weighted by Gasteiger charge is 2.20. The van der Waals surface area contributed by atoms with Gasteiger partial charge in [-0.15, -0.1) is 0 Å². The molecular formula is C20H16Cl2N2O2. The summed E-state index contributed by atoms with van der Waals surface area (Å²) in [4.78, 5) is 33.8. The van der Waals surface area contributed by atoms with Crippen molar-refractivity contribution in [1.29, 1.82) is 0 Å². The third-order valence-corrected chi connectivity index (χ3v) is 4.53. The second-order valence-electron chi connectivity index (χ2n) is 5.87. The van der Waals surface area contributed by atoms with Crippen LogP contribution in [0.5, 0.6) is 0 Å². The maximum absolute atomic E-state index is 12.5. The molecule has 0 aromatic heterocycles. The van der Waals surface area contributed by atoms with Gasteiger partial charge in [0.15, 0.2) is 11.6 Å². The Morgan fingerprint density at radius 1 is 0.692 bits per heavy atom. The monoisotopic (exact) mass is 386 g/mol. The normalized spacial score (nSPS) is 13.8. The molecule has 3 rings (SSSR count). The van der Waals surface area contributed by atoms with Crippen molar-refractivity contribution in [3.63, 3.8) is 0 Å². The highest BCUT2D eigenvalue weighted by molar-refractivity contribution is 6.48. The van der Waals surface area contributed by atoms with E-state index in [2.05, 4.69) is 9.98 Å². The first kappa shape index (κ1) is 18.5. The average molecular weight is 387 g/mol. The van der Waals surface area contributed by atoms with Crippen LogP contribution < -0.4 is 0 Å². The van der Waals surface area contributed by atoms with E-state index in [1.807, 2.05) is 0 Å². The van der Waals surface area contributed by atoms with Gasteiger partial charge in [-0.1, -0.05) is 23.2 Å². The zero-order chi connectivity index (χ0) is 18.5. The largest absolute Gasteiger partial charge is 0.294 e. The molecule has 0 aliphatic carbocycles. The summed E-state index contributed by atoms with van der Waals surface area (Å²) in [6, 6.07) is 13.4. The molecule has 1 heterocycles. The molecule has 0 amide bonds. The molecule has 0 saturated heterocycles. The molecule has 0 atom stereocenters. The smallest absolute Gasteiger partial charge is 0.168 e. The Labute approximate surface area is 161 Å². The second kappa shape index (κ2) is 8.39. The minimum atomic E-state index is -0.0750. The summed E-state index contributed by atoms with van der Waals surface area (Å²) >= 11 is 11.7. The van der Waals surface area contributed by atoms with E-state index in [4.69, 9.17) is 23.2 Å². The number of carbonyl (C=O) groups excluding carboxylic acids is 2. The van der Waals surface area contributed by atoms with Gasteiger partial charge in [0.05, 0.1) is 37.4 Å². The van der Waals surface area contributed by atoms with Crippen molar-refractivity contribution in [2.24, 2.45) is 9.98 Å². The van der Waals surface area contributed by atoms with Crippen molar-refractivity contribution in [2.75, 3.05) is 13.1 Å². The van der Waals surface area contributed by atoms with Crippen LogP contribution in [-0.2, 0) is 0 Å². The van der Waals surface area contributed by atoms with Gasteiger partial charge in [0, 0.05) is 21.2 Å². The molecule has 0 radical (unpaired) electrons. The fraction of sp³-hybridized carbons (Fsp3) is 0.200. The van der Waals surface area contributed by atoms with Gasteiger partial charge in [0.1, 0.15) is 0 Å². The minimum absolute atomic E-state index is 0.0750. The Kier molecular flexibility index (Phi) is 5.96. The summed E-state index contributed by atoms with van der Waals surface area (Å²) in [5.41, 5.74) is 2.29. The molecule has 4 nitrogen and oxygen atoms in total. The van der Waals surface area contributed by atoms with Crippen LogP contribution in [0.25, 0.3) is 0 Å². The van der Waals surface area contributed by atoms with E-state index in [-0.39, 0.29) is 24.4 Å². The van der Waals surface area contributed by atoms with Gasteiger partial charge in [0.2, 0.25) is 0 Å². The molecule has 0 bridgehead atoms. The molecule has 1 aliphatic heterocycles. The van der Waals surface area contributed by atoms with Crippen LogP contribution >= 0.6 is 23.2 Å². The van der Waals surface area contributed by atoms with Crippen molar-refractivity contribution < 1.29 is 9.59 Å². The van der Waals surface area contributed by atoms with Crippen molar-refractivity contribution in [1.82, 2.24) is 0 Å². The van der Waals surface area contributed by atoms with E-state index < -0.39 is 0 Å². The van der Waals surface area contributed by atoms with Crippen LogP contribution in [0.2, 0.25) is 10.0 Å². The van der Waals surface area contributed by atoms with Crippen molar-refractivity contribution >= 4 is 46.2 Å². The Hall–Kier alpha value is -2.30. The lowest BCUT2D eigenvalue weighted by molar-refractivity contribution is 0.0989. The number of hydrogen-bond donors (Lipinski definition) is 0. The van der Waals surface area contributed by atoms with Gasteiger partial charge in [-0.2, -0.15) is 0 Å². The molecule has 0 saturated carbocycles. The molecule has 1 aliphatic rings. The number of Topliss-reactive ketones (excluding diaryl/α,β-unsaturated/α-hetero) is 2. The van der Waals surface area contributed by atoms with E-state index in [1.54, 1.807) is 48.5 Å². The standard InChI is InChI=1S/C20H16Cl2N2O2/c21-15-5-1-13(2-6-15)19(25)11-17-18(24-10-9-23-17)12-20(26)14-3-7-16(22)8-4-14/h1-8H,9-12H2. The lowest BCUT2D eigenvalue weighted by Gasteiger charge is -2.14. The Bertz CT molecular complexity index is 810. The van der Waals surface area contributed by atoms with E-state index in [9.17, 15) is 9.59 Å². The quantitative estimate of drug-likeness (QED) is 0.673. The van der Waals surface area contributed by atoms with Crippen LogP contribution in [-0.4, -0.2) is 36.1 Å². The van der Waals surface area contributed by atoms with Gasteiger partial charge in [-0.3, -0.25) is 19.6 Å². The first-order chi connectivity index (χ1) is 12.5. The topological polar surface area (TPSA) is 58.9 Å². The van der Waals surface area contributed by atoms with Crippen LogP contribution in [0, 0.1) is 0 Å². The number of nitrogens with zero attached hydrogens (tertiary/aromatic N) is 2. The average Bonchev–Trinajstić information content (AvgIpc) is 2.64. The molecule has 0 fully saturated rings. The Balaban J connectivity index is 1.70. The lowest BCUT2D eigenvalue weighted by atomic mass is 9.97. The Morgan fingerprint density at radius 2 is 1.04 bits per heavy atom. The van der Waals surface area contributed by atoms with E-state index in [0.29, 0.717) is 45.7 Å². The summed E-state index contributed by atoms with van der Waals surface area (Å²) < 4.78 is 0. The van der Waals surface area contributed by atoms with Crippen LogP contribution in [0.3, 0.4) is 0 Å². The highest BCUT2D eigenvalue weighted by atomic mass is 35.5. The predicted octanol–water partition coefficient (Wildman–Crippen LogP) is 4.73. The summed E-state index contributed by atoms with van der Waals surface area (Å²) in [6.07, 6.45) is 0.239. The molecule has 2 aromatic rings. The number of halogens is 2. The summed E-state index contributed by atoms with van der Waals surface area (Å²) in [6.45, 7) is 1.06. The fourth-order valence-corrected chi connectivity index (χ4v) is 2.90. The first-order valence-electron chi connectivity index (χ1n) is 8.17. The van der Waals surface area contributed by atoms with E-state index in [1.165, 1.54) is 0 Å². The molecule has 26 heavy (non-hydrogen) atoms. The predicted molar refractivity (Wildman–Crippen MR) is 105 cm³/mol. The number of rotatable bonds is 6. The third kappa shape index (κ3) is 4.65. The zero-order valence-electron chi connectivity index (χ0n) is 13.9. The molecule has 2 aromatic carbocycles. The fourth-order valence-electron chi connectivity index (χ4n) is 2.65. The lowest BCUT2D eigenvalue weighted by Crippen LogP contribution is -2.25. The third-order valence-electron chi connectivity index (χ3n) is 4.03. The van der Waals surface area contributed by atoms with Crippen molar-refractivity contribution in [3.8, 4) is 0 Å². The van der Waals surface area contributed by atoms with Crippen molar-refractivity contribution in [3.05, 3.63) is 69.7 Å². The number of aliphatic imine (C=N–C) groups is 2. The Morgan fingerprint density at radius 3 is 1.38 bits per heavy atom. The number of carbonyl (C=O) groups is 2. The number of ketones is 2. The highest BCUT2D eigenvalue weighted by Crippen LogP contribution is 2.15. The van der Waals surface area contributed by atoms with E-state index >= 15 is 0 Å². The van der Waals surface area contributed by atoms with Crippen LogP contribution in [0.15, 0.2) is 58.5 Å². The second-order valence-corrected chi connectivity index (χ2v) is 6.74. The maximum atomic E-state index is 12.5. The van der Waals surface area contributed by atoms with Gasteiger partial charge in [-0.25, -0.2) is 0 Å². The minimum Gasteiger partial charge on any atom is -0.294 e. The van der Waals surface area contributed by atoms with Gasteiger partial charge in [0.25, 0.3) is 0 Å². The van der Waals surface area contributed by atoms with Gasteiger partial charge < -0.3 is 0 Å². The summed E-state index contributed by atoms with van der Waals surface area (Å²) in [5, 5.41) is 1.15.